The Balaban J connectivity index is 3.72. The zero-order chi connectivity index (χ0) is 8.15. The van der Waals surface area contributed by atoms with Crippen LogP contribution in [-0.2, 0) is 19.5 Å². The molecule has 0 rings (SSSR count). The van der Waals surface area contributed by atoms with E-state index in [4.69, 9.17) is 10.7 Å². The maximum absolute atomic E-state index is 10.6. The normalized spacial score (nSPS) is 15.9. The molecule has 0 heterocycles. The van der Waals surface area contributed by atoms with Gasteiger partial charge in [0, 0.05) is 0 Å². The summed E-state index contributed by atoms with van der Waals surface area (Å²) in [7, 11) is 4.98. The molecule has 60 valence electrons. The maximum atomic E-state index is 10.6. The molecule has 0 saturated carbocycles. The lowest BCUT2D eigenvalue weighted by atomic mass is 10.2. The van der Waals surface area contributed by atoms with Gasteiger partial charge in [-0.1, -0.05) is 6.92 Å². The van der Waals surface area contributed by atoms with Crippen LogP contribution < -0.4 is 0 Å². The summed E-state index contributed by atoms with van der Waals surface area (Å²) in [5.74, 6) is -0.619. The van der Waals surface area contributed by atoms with Crippen molar-refractivity contribution in [2.24, 2.45) is 5.92 Å². The molecule has 0 aliphatic rings. The van der Waals surface area contributed by atoms with Gasteiger partial charge in [0.2, 0.25) is 0 Å². The molecule has 0 aromatic rings. The molecule has 0 aliphatic carbocycles. The van der Waals surface area contributed by atoms with E-state index in [1.807, 2.05) is 0 Å². The topological polar surface area (TPSA) is 43.4 Å². The van der Waals surface area contributed by atoms with E-state index in [-0.39, 0.29) is 17.6 Å². The molecule has 0 bridgehead atoms. The van der Waals surface area contributed by atoms with Gasteiger partial charge in [-0.05, 0) is 10.7 Å². The number of esters is 1. The number of ether oxygens (including phenoxy) is 1. The molecule has 0 radical (unpaired) electrons. The van der Waals surface area contributed by atoms with Gasteiger partial charge in [0.05, 0.1) is 18.8 Å². The predicted molar refractivity (Wildman–Crippen MR) is 40.0 cm³/mol. The van der Waals surface area contributed by atoms with Crippen LogP contribution in [0.25, 0.3) is 0 Å². The Morgan fingerprint density at radius 1 is 1.80 bits per heavy atom. The highest BCUT2D eigenvalue weighted by Crippen LogP contribution is 2.02. The second kappa shape index (κ2) is 4.68. The van der Waals surface area contributed by atoms with Crippen LogP contribution in [0.3, 0.4) is 0 Å². The van der Waals surface area contributed by atoms with E-state index < -0.39 is 10.0 Å². The van der Waals surface area contributed by atoms with E-state index in [1.54, 1.807) is 6.92 Å². The van der Waals surface area contributed by atoms with Crippen LogP contribution in [0.5, 0.6) is 0 Å². The summed E-state index contributed by atoms with van der Waals surface area (Å²) in [5.41, 5.74) is 0. The first-order valence-electron chi connectivity index (χ1n) is 2.70. The first kappa shape index (κ1) is 9.91. The zero-order valence-corrected chi connectivity index (χ0v) is 7.37. The third kappa shape index (κ3) is 3.85. The summed E-state index contributed by atoms with van der Waals surface area (Å²) in [4.78, 5) is 10.6. The molecule has 0 saturated heterocycles. The number of carbonyl (C=O) groups excluding carboxylic acids is 1. The lowest BCUT2D eigenvalue weighted by Gasteiger charge is -2.04. The van der Waals surface area contributed by atoms with Gasteiger partial charge < -0.3 is 4.74 Å². The molecular formula is C5H9ClO3S. The minimum Gasteiger partial charge on any atom is -0.469 e. The van der Waals surface area contributed by atoms with Gasteiger partial charge >= 0.3 is 5.97 Å². The summed E-state index contributed by atoms with van der Waals surface area (Å²) >= 11 is 0. The third-order valence-corrected chi connectivity index (χ3v) is 2.12. The SMILES string of the molecule is COC(=O)C(C)CS(=O)Cl. The lowest BCUT2D eigenvalue weighted by Crippen LogP contribution is -2.17. The molecule has 0 N–H and O–H groups in total. The first-order chi connectivity index (χ1) is 4.57. The van der Waals surface area contributed by atoms with Crippen molar-refractivity contribution in [1.82, 2.24) is 0 Å². The average Bonchev–Trinajstić information content (AvgIpc) is 1.85. The molecule has 0 amide bonds. The Bertz CT molecular complexity index is 148. The predicted octanol–water partition coefficient (Wildman–Crippen LogP) is 0.698. The molecule has 2 atom stereocenters. The zero-order valence-electron chi connectivity index (χ0n) is 5.80. The molecule has 3 nitrogen and oxygen atoms in total. The summed E-state index contributed by atoms with van der Waals surface area (Å²) in [6.07, 6.45) is 0. The molecule has 0 fully saturated rings. The summed E-state index contributed by atoms with van der Waals surface area (Å²) in [5, 5.41) is 0. The van der Waals surface area contributed by atoms with Crippen molar-refractivity contribution in [2.75, 3.05) is 12.9 Å². The number of carbonyl (C=O) groups is 1. The van der Waals surface area contributed by atoms with Crippen molar-refractivity contribution in [3.63, 3.8) is 0 Å². The fourth-order valence-corrected chi connectivity index (χ4v) is 1.56. The second-order valence-corrected chi connectivity index (χ2v) is 3.83. The van der Waals surface area contributed by atoms with Gasteiger partial charge in [-0.25, -0.2) is 4.21 Å². The standard InChI is InChI=1S/C5H9ClO3S/c1-4(3-10(6)8)5(7)9-2/h4H,3H2,1-2H3. The molecule has 0 aromatic carbocycles. The monoisotopic (exact) mass is 184 g/mol. The highest BCUT2D eigenvalue weighted by Gasteiger charge is 2.14. The third-order valence-electron chi connectivity index (χ3n) is 0.985. The van der Waals surface area contributed by atoms with Crippen LogP contribution >= 0.6 is 10.7 Å². The molecule has 0 aliphatic heterocycles. The Morgan fingerprint density at radius 3 is 2.60 bits per heavy atom. The van der Waals surface area contributed by atoms with Crippen LogP contribution in [0.4, 0.5) is 0 Å². The van der Waals surface area contributed by atoms with Gasteiger partial charge in [0.25, 0.3) is 0 Å². The second-order valence-electron chi connectivity index (χ2n) is 1.88. The summed E-state index contributed by atoms with van der Waals surface area (Å²) < 4.78 is 14.7. The van der Waals surface area contributed by atoms with Crippen molar-refractivity contribution in [1.29, 1.82) is 0 Å². The largest absolute Gasteiger partial charge is 0.469 e. The smallest absolute Gasteiger partial charge is 0.309 e. The van der Waals surface area contributed by atoms with Gasteiger partial charge in [-0.3, -0.25) is 4.79 Å². The molecule has 10 heavy (non-hydrogen) atoms. The number of hydrogen-bond donors (Lipinski definition) is 0. The van der Waals surface area contributed by atoms with E-state index >= 15 is 0 Å². The average molecular weight is 185 g/mol. The van der Waals surface area contributed by atoms with Crippen LogP contribution in [0.15, 0.2) is 0 Å². The number of methoxy groups -OCH3 is 1. The Morgan fingerprint density at radius 2 is 2.30 bits per heavy atom. The Hall–Kier alpha value is -0.0900. The molecule has 2 unspecified atom stereocenters. The summed E-state index contributed by atoms with van der Waals surface area (Å²) in [6.45, 7) is 1.62. The van der Waals surface area contributed by atoms with Crippen molar-refractivity contribution in [3.8, 4) is 0 Å². The van der Waals surface area contributed by atoms with Gasteiger partial charge in [0.1, 0.15) is 10.0 Å². The van der Waals surface area contributed by atoms with Gasteiger partial charge in [-0.15, -0.1) is 0 Å². The van der Waals surface area contributed by atoms with Crippen LogP contribution in [0.2, 0.25) is 0 Å². The van der Waals surface area contributed by atoms with Gasteiger partial charge in [-0.2, -0.15) is 0 Å². The van der Waals surface area contributed by atoms with Crippen molar-refractivity contribution < 1.29 is 13.7 Å². The maximum Gasteiger partial charge on any atom is 0.309 e. The van der Waals surface area contributed by atoms with Crippen molar-refractivity contribution in [2.45, 2.75) is 6.92 Å². The first-order valence-corrected chi connectivity index (χ1v) is 4.85. The highest BCUT2D eigenvalue weighted by molar-refractivity contribution is 8.08. The number of rotatable bonds is 3. The van der Waals surface area contributed by atoms with Crippen molar-refractivity contribution in [3.05, 3.63) is 0 Å². The molecule has 0 aromatic heterocycles. The van der Waals surface area contributed by atoms with E-state index in [9.17, 15) is 9.00 Å². The number of hydrogen-bond acceptors (Lipinski definition) is 3. The van der Waals surface area contributed by atoms with Crippen LogP contribution in [0, 0.1) is 5.92 Å². The molecule has 5 heteroatoms. The fourth-order valence-electron chi connectivity index (χ4n) is 0.466. The van der Waals surface area contributed by atoms with E-state index in [1.165, 1.54) is 7.11 Å². The Labute approximate surface area is 66.7 Å². The Kier molecular flexibility index (Phi) is 4.64. The summed E-state index contributed by atoms with van der Waals surface area (Å²) in [6, 6.07) is 0. The van der Waals surface area contributed by atoms with Crippen LogP contribution in [0.1, 0.15) is 6.92 Å². The quantitative estimate of drug-likeness (QED) is 0.479. The lowest BCUT2D eigenvalue weighted by molar-refractivity contribution is -0.144. The molecular weight excluding hydrogens is 176 g/mol. The van der Waals surface area contributed by atoms with Crippen LogP contribution in [-0.4, -0.2) is 23.0 Å². The molecule has 0 spiro atoms. The minimum absolute atomic E-state index is 0.147. The van der Waals surface area contributed by atoms with Crippen molar-refractivity contribution >= 4 is 26.7 Å². The minimum atomic E-state index is -1.45. The number of halogens is 1. The fraction of sp³-hybridized carbons (Fsp3) is 0.800. The van der Waals surface area contributed by atoms with E-state index in [0.29, 0.717) is 0 Å². The van der Waals surface area contributed by atoms with Gasteiger partial charge in [0.15, 0.2) is 0 Å². The highest BCUT2D eigenvalue weighted by atomic mass is 35.7. The van der Waals surface area contributed by atoms with E-state index in [2.05, 4.69) is 4.74 Å². The van der Waals surface area contributed by atoms with E-state index in [0.717, 1.165) is 0 Å².